The maximum Gasteiger partial charge on any atom is 0.274 e. The molecule has 2 N–H and O–H groups in total. The monoisotopic (exact) mass is 382 g/mol. The largest absolute Gasteiger partial charge is 0.496 e. The van der Waals surface area contributed by atoms with Crippen LogP contribution in [0.25, 0.3) is 0 Å². The second kappa shape index (κ2) is 8.51. The summed E-state index contributed by atoms with van der Waals surface area (Å²) in [6, 6.07) is 16.3. The van der Waals surface area contributed by atoms with Crippen LogP contribution in [0.15, 0.2) is 54.6 Å². The maximum absolute atomic E-state index is 12.5. The molecule has 0 atom stereocenters. The first kappa shape index (κ1) is 18.7. The number of rotatable bonds is 6. The molecule has 1 amide bonds. The topological polar surface area (TPSA) is 76.1 Å². The van der Waals surface area contributed by atoms with Crippen LogP contribution in [-0.4, -0.2) is 23.0 Å². The fraction of sp³-hybridized carbons (Fsp3) is 0.150. The molecule has 3 rings (SSSR count). The molecule has 138 valence electrons. The van der Waals surface area contributed by atoms with Gasteiger partial charge in [0, 0.05) is 17.8 Å². The quantitative estimate of drug-likeness (QED) is 0.664. The number of nitrogens with zero attached hydrogens (tertiary/aromatic N) is 2. The van der Waals surface area contributed by atoms with Crippen LogP contribution >= 0.6 is 11.6 Å². The summed E-state index contributed by atoms with van der Waals surface area (Å²) in [7, 11) is 1.62. The molecule has 7 heteroatoms. The fourth-order valence-electron chi connectivity index (χ4n) is 2.54. The summed E-state index contributed by atoms with van der Waals surface area (Å²) in [5.41, 5.74) is 2.43. The third-order valence-electron chi connectivity index (χ3n) is 3.84. The second-order valence-electron chi connectivity index (χ2n) is 5.82. The zero-order valence-corrected chi connectivity index (χ0v) is 15.7. The number of benzene rings is 2. The molecule has 0 fully saturated rings. The lowest BCUT2D eigenvalue weighted by Gasteiger charge is -2.11. The molecule has 2 aromatic carbocycles. The Morgan fingerprint density at radius 1 is 1.11 bits per heavy atom. The van der Waals surface area contributed by atoms with Gasteiger partial charge in [0.2, 0.25) is 5.95 Å². The number of nitrogens with one attached hydrogen (secondary N) is 2. The normalized spacial score (nSPS) is 10.3. The Morgan fingerprint density at radius 3 is 2.63 bits per heavy atom. The first-order valence-electron chi connectivity index (χ1n) is 8.34. The standard InChI is InChI=1S/C20H19ClN4O2/c1-13-11-17(19(26)24-16-9-5-4-8-15(16)21)25-20(23-13)22-12-14-7-3-6-10-18(14)27-2/h3-11H,12H2,1-2H3,(H,24,26)(H,22,23,25). The van der Waals surface area contributed by atoms with Gasteiger partial charge >= 0.3 is 0 Å². The number of carbonyl (C=O) groups excluding carboxylic acids is 1. The van der Waals surface area contributed by atoms with E-state index in [4.69, 9.17) is 16.3 Å². The highest BCUT2D eigenvalue weighted by atomic mass is 35.5. The number of aromatic nitrogens is 2. The van der Waals surface area contributed by atoms with Crippen molar-refractivity contribution in [3.63, 3.8) is 0 Å². The van der Waals surface area contributed by atoms with Crippen molar-refractivity contribution in [1.82, 2.24) is 9.97 Å². The highest BCUT2D eigenvalue weighted by molar-refractivity contribution is 6.33. The molecule has 0 saturated heterocycles. The molecule has 0 spiro atoms. The molecule has 0 aliphatic rings. The van der Waals surface area contributed by atoms with E-state index >= 15 is 0 Å². The molecule has 27 heavy (non-hydrogen) atoms. The number of amides is 1. The third kappa shape index (κ3) is 4.74. The van der Waals surface area contributed by atoms with E-state index in [0.29, 0.717) is 28.9 Å². The highest BCUT2D eigenvalue weighted by Crippen LogP contribution is 2.21. The van der Waals surface area contributed by atoms with Crippen molar-refractivity contribution < 1.29 is 9.53 Å². The van der Waals surface area contributed by atoms with Crippen LogP contribution < -0.4 is 15.4 Å². The highest BCUT2D eigenvalue weighted by Gasteiger charge is 2.13. The van der Waals surface area contributed by atoms with Gasteiger partial charge in [-0.15, -0.1) is 0 Å². The fourth-order valence-corrected chi connectivity index (χ4v) is 2.72. The van der Waals surface area contributed by atoms with Crippen molar-refractivity contribution in [2.75, 3.05) is 17.7 Å². The Morgan fingerprint density at radius 2 is 1.85 bits per heavy atom. The Balaban J connectivity index is 1.76. The number of carbonyl (C=O) groups is 1. The van der Waals surface area contributed by atoms with Crippen molar-refractivity contribution in [2.45, 2.75) is 13.5 Å². The van der Waals surface area contributed by atoms with Crippen LogP contribution in [0.4, 0.5) is 11.6 Å². The third-order valence-corrected chi connectivity index (χ3v) is 4.17. The minimum atomic E-state index is -0.353. The van der Waals surface area contributed by atoms with Crippen molar-refractivity contribution >= 4 is 29.1 Å². The molecule has 1 aromatic heterocycles. The molecule has 0 bridgehead atoms. The summed E-state index contributed by atoms with van der Waals surface area (Å²) < 4.78 is 5.34. The summed E-state index contributed by atoms with van der Waals surface area (Å²) in [5, 5.41) is 6.37. The molecule has 0 aliphatic carbocycles. The predicted octanol–water partition coefficient (Wildman–Crippen LogP) is 4.31. The maximum atomic E-state index is 12.5. The number of methoxy groups -OCH3 is 1. The molecule has 0 unspecified atom stereocenters. The summed E-state index contributed by atoms with van der Waals surface area (Å²) in [4.78, 5) is 21.2. The average Bonchev–Trinajstić information content (AvgIpc) is 2.68. The van der Waals surface area contributed by atoms with E-state index in [1.54, 1.807) is 37.4 Å². The number of anilines is 2. The number of ether oxygens (including phenoxy) is 1. The van der Waals surface area contributed by atoms with Crippen LogP contribution in [0, 0.1) is 6.92 Å². The molecule has 3 aromatic rings. The van der Waals surface area contributed by atoms with E-state index in [1.165, 1.54) is 0 Å². The van der Waals surface area contributed by atoms with Gasteiger partial charge in [-0.25, -0.2) is 9.97 Å². The van der Waals surface area contributed by atoms with Crippen molar-refractivity contribution in [1.29, 1.82) is 0 Å². The van der Waals surface area contributed by atoms with Gasteiger partial charge in [-0.2, -0.15) is 0 Å². The van der Waals surface area contributed by atoms with Crippen LogP contribution in [-0.2, 0) is 6.54 Å². The molecule has 0 aliphatic heterocycles. The van der Waals surface area contributed by atoms with Gasteiger partial charge in [0.15, 0.2) is 0 Å². The van der Waals surface area contributed by atoms with Crippen molar-refractivity contribution in [3.8, 4) is 5.75 Å². The molecule has 1 heterocycles. The zero-order valence-electron chi connectivity index (χ0n) is 15.0. The minimum absolute atomic E-state index is 0.255. The first-order valence-corrected chi connectivity index (χ1v) is 8.72. The Kier molecular flexibility index (Phi) is 5.88. The van der Waals surface area contributed by atoms with Gasteiger partial charge in [0.1, 0.15) is 11.4 Å². The summed E-state index contributed by atoms with van der Waals surface area (Å²) >= 11 is 6.09. The lowest BCUT2D eigenvalue weighted by molar-refractivity contribution is 0.102. The summed E-state index contributed by atoms with van der Waals surface area (Å²) in [6.07, 6.45) is 0. The number of hydrogen-bond donors (Lipinski definition) is 2. The SMILES string of the molecule is COc1ccccc1CNc1nc(C)cc(C(=O)Nc2ccccc2Cl)n1. The van der Waals surface area contributed by atoms with E-state index in [9.17, 15) is 4.79 Å². The van der Waals surface area contributed by atoms with E-state index < -0.39 is 0 Å². The van der Waals surface area contributed by atoms with Gasteiger partial charge in [-0.3, -0.25) is 4.79 Å². The van der Waals surface area contributed by atoms with Gasteiger partial charge < -0.3 is 15.4 Å². The van der Waals surface area contributed by atoms with Gasteiger partial charge in [-0.1, -0.05) is 41.9 Å². The Labute approximate surface area is 162 Å². The summed E-state index contributed by atoms with van der Waals surface area (Å²) in [6.45, 7) is 2.28. The van der Waals surface area contributed by atoms with Gasteiger partial charge in [-0.05, 0) is 31.2 Å². The molecule has 0 saturated carbocycles. The second-order valence-corrected chi connectivity index (χ2v) is 6.22. The van der Waals surface area contributed by atoms with E-state index in [-0.39, 0.29) is 11.6 Å². The first-order chi connectivity index (χ1) is 13.1. The lowest BCUT2D eigenvalue weighted by atomic mass is 10.2. The molecular formula is C20H19ClN4O2. The average molecular weight is 383 g/mol. The van der Waals surface area contributed by atoms with Crippen LogP contribution in [0.1, 0.15) is 21.7 Å². The molecule has 6 nitrogen and oxygen atoms in total. The minimum Gasteiger partial charge on any atom is -0.496 e. The smallest absolute Gasteiger partial charge is 0.274 e. The Bertz CT molecular complexity index is 962. The van der Waals surface area contributed by atoms with E-state index in [2.05, 4.69) is 20.6 Å². The van der Waals surface area contributed by atoms with E-state index in [0.717, 1.165) is 11.3 Å². The lowest BCUT2D eigenvalue weighted by Crippen LogP contribution is -2.16. The molecular weight excluding hydrogens is 364 g/mol. The van der Waals surface area contributed by atoms with E-state index in [1.807, 2.05) is 31.2 Å². The predicted molar refractivity (Wildman–Crippen MR) is 106 cm³/mol. The number of para-hydroxylation sites is 2. The van der Waals surface area contributed by atoms with Gasteiger partial charge in [0.05, 0.1) is 17.8 Å². The van der Waals surface area contributed by atoms with Crippen LogP contribution in [0.3, 0.4) is 0 Å². The number of aryl methyl sites for hydroxylation is 1. The zero-order chi connectivity index (χ0) is 19.2. The molecule has 0 radical (unpaired) electrons. The number of halogens is 1. The van der Waals surface area contributed by atoms with Crippen LogP contribution in [0.2, 0.25) is 5.02 Å². The Hall–Kier alpha value is -3.12. The van der Waals surface area contributed by atoms with Crippen LogP contribution in [0.5, 0.6) is 5.75 Å². The number of hydrogen-bond acceptors (Lipinski definition) is 5. The van der Waals surface area contributed by atoms with Crippen molar-refractivity contribution in [3.05, 3.63) is 76.6 Å². The van der Waals surface area contributed by atoms with Gasteiger partial charge in [0.25, 0.3) is 5.91 Å². The van der Waals surface area contributed by atoms with Crippen molar-refractivity contribution in [2.24, 2.45) is 0 Å². The summed E-state index contributed by atoms with van der Waals surface area (Å²) in [5.74, 6) is 0.786.